The van der Waals surface area contributed by atoms with Gasteiger partial charge in [0.15, 0.2) is 8.32 Å². The van der Waals surface area contributed by atoms with Crippen LogP contribution in [0.5, 0.6) is 0 Å². The Morgan fingerprint density at radius 3 is 2.33 bits per heavy atom. The lowest BCUT2D eigenvalue weighted by molar-refractivity contribution is 0.100. The maximum Gasteiger partial charge on any atom is 0.192 e. The third kappa shape index (κ3) is 3.82. The molecule has 2 nitrogen and oxygen atoms in total. The molecule has 0 aliphatic heterocycles. The average molecular weight is 287 g/mol. The van der Waals surface area contributed by atoms with E-state index >= 15 is 0 Å². The average Bonchev–Trinajstić information content (AvgIpc) is 2.25. The van der Waals surface area contributed by atoms with Crippen molar-refractivity contribution in [3.05, 3.63) is 34.9 Å². The molecule has 1 aromatic rings. The third-order valence-electron chi connectivity index (χ3n) is 3.67. The second kappa shape index (κ2) is 5.74. The molecule has 0 amide bonds. The number of halogens is 1. The molecule has 18 heavy (non-hydrogen) atoms. The fourth-order valence-electron chi connectivity index (χ4n) is 1.34. The highest BCUT2D eigenvalue weighted by Gasteiger charge is 2.37. The Kier molecular flexibility index (Phi) is 5.01. The van der Waals surface area contributed by atoms with Crippen LogP contribution in [-0.4, -0.2) is 20.0 Å². The smallest absolute Gasteiger partial charge is 0.192 e. The highest BCUT2D eigenvalue weighted by molar-refractivity contribution is 6.74. The van der Waals surface area contributed by atoms with Crippen molar-refractivity contribution >= 4 is 19.9 Å². The number of aliphatic hydroxyl groups is 1. The van der Waals surface area contributed by atoms with E-state index in [4.69, 9.17) is 16.0 Å². The van der Waals surface area contributed by atoms with Crippen LogP contribution in [0.2, 0.25) is 23.2 Å². The summed E-state index contributed by atoms with van der Waals surface area (Å²) in [5.74, 6) is 0. The van der Waals surface area contributed by atoms with Crippen LogP contribution in [0, 0.1) is 0 Å². The second-order valence-electron chi connectivity index (χ2n) is 6.11. The molecule has 0 saturated carbocycles. The van der Waals surface area contributed by atoms with Crippen LogP contribution in [-0.2, 0) is 4.43 Å². The lowest BCUT2D eigenvalue weighted by Gasteiger charge is -2.36. The van der Waals surface area contributed by atoms with Gasteiger partial charge in [0.05, 0.1) is 6.61 Å². The van der Waals surface area contributed by atoms with Crippen molar-refractivity contribution in [3.63, 3.8) is 0 Å². The first-order chi connectivity index (χ1) is 8.15. The van der Waals surface area contributed by atoms with E-state index in [0.717, 1.165) is 5.56 Å². The zero-order chi connectivity index (χ0) is 14.0. The molecule has 1 atom stereocenters. The first kappa shape index (κ1) is 15.7. The Hall–Kier alpha value is -0.353. The molecule has 0 saturated heterocycles. The Bertz CT molecular complexity index is 399. The molecule has 1 N–H and O–H groups in total. The second-order valence-corrected chi connectivity index (χ2v) is 11.3. The predicted octanol–water partition coefficient (Wildman–Crippen LogP) is 4.40. The topological polar surface area (TPSA) is 29.5 Å². The van der Waals surface area contributed by atoms with Crippen LogP contribution in [0.1, 0.15) is 32.4 Å². The summed E-state index contributed by atoms with van der Waals surface area (Å²) in [5, 5.41) is 10.9. The minimum absolute atomic E-state index is 0.146. The molecule has 0 spiro atoms. The number of hydrogen-bond donors (Lipinski definition) is 1. The minimum atomic E-state index is -1.82. The normalized spacial score (nSPS) is 14.6. The van der Waals surface area contributed by atoms with Crippen molar-refractivity contribution in [1.29, 1.82) is 0 Å². The molecule has 0 aliphatic rings. The van der Waals surface area contributed by atoms with Gasteiger partial charge in [-0.3, -0.25) is 0 Å². The molecule has 1 rings (SSSR count). The molecule has 1 aromatic carbocycles. The van der Waals surface area contributed by atoms with Crippen molar-refractivity contribution in [2.75, 3.05) is 6.61 Å². The van der Waals surface area contributed by atoms with Gasteiger partial charge in [-0.05, 0) is 24.2 Å². The van der Waals surface area contributed by atoms with E-state index in [1.165, 1.54) is 0 Å². The Balaban J connectivity index is 2.68. The van der Waals surface area contributed by atoms with Gasteiger partial charge in [0.25, 0.3) is 0 Å². The monoisotopic (exact) mass is 286 g/mol. The molecular formula is C14H23ClO2Si. The van der Waals surface area contributed by atoms with Gasteiger partial charge in [-0.15, -0.1) is 0 Å². The van der Waals surface area contributed by atoms with Crippen LogP contribution in [0.3, 0.4) is 0 Å². The summed E-state index contributed by atoms with van der Waals surface area (Å²) in [6.45, 7) is 11.2. The van der Waals surface area contributed by atoms with Crippen LogP contribution < -0.4 is 0 Å². The Morgan fingerprint density at radius 1 is 1.28 bits per heavy atom. The molecule has 1 unspecified atom stereocenters. The Morgan fingerprint density at radius 2 is 1.83 bits per heavy atom. The molecule has 0 fully saturated rings. The summed E-state index contributed by atoms with van der Waals surface area (Å²) in [6.07, 6.45) is -0.659. The van der Waals surface area contributed by atoms with Crippen LogP contribution in [0.4, 0.5) is 0 Å². The van der Waals surface area contributed by atoms with E-state index in [0.29, 0.717) is 11.6 Å². The fraction of sp³-hybridized carbons (Fsp3) is 0.571. The van der Waals surface area contributed by atoms with Crippen LogP contribution in [0.15, 0.2) is 24.3 Å². The minimum Gasteiger partial charge on any atom is -0.414 e. The molecule has 0 aliphatic carbocycles. The maximum atomic E-state index is 10.1. The fourth-order valence-corrected chi connectivity index (χ4v) is 2.61. The molecular weight excluding hydrogens is 264 g/mol. The number of hydrogen-bond acceptors (Lipinski definition) is 2. The Labute approximate surface area is 116 Å². The van der Waals surface area contributed by atoms with Gasteiger partial charge in [-0.25, -0.2) is 0 Å². The molecule has 0 heterocycles. The van der Waals surface area contributed by atoms with Crippen molar-refractivity contribution in [2.45, 2.75) is 45.0 Å². The highest BCUT2D eigenvalue weighted by atomic mass is 35.5. The van der Waals surface area contributed by atoms with E-state index < -0.39 is 14.4 Å². The quantitative estimate of drug-likeness (QED) is 0.832. The standard InChI is InChI=1S/C14H23ClO2Si/c1-14(2,3)18(4,5)17-10-13(16)11-8-6-7-9-12(11)15/h6-9,13,16H,10H2,1-5H3. The zero-order valence-corrected chi connectivity index (χ0v) is 13.6. The SMILES string of the molecule is CC(C)(C)[Si](C)(C)OCC(O)c1ccccc1Cl. The van der Waals surface area contributed by atoms with Gasteiger partial charge in [0, 0.05) is 10.6 Å². The molecule has 0 bridgehead atoms. The lowest BCUT2D eigenvalue weighted by Crippen LogP contribution is -2.41. The van der Waals surface area contributed by atoms with Gasteiger partial charge < -0.3 is 9.53 Å². The molecule has 0 radical (unpaired) electrons. The molecule has 0 aromatic heterocycles. The van der Waals surface area contributed by atoms with Crippen LogP contribution in [0.25, 0.3) is 0 Å². The van der Waals surface area contributed by atoms with E-state index in [9.17, 15) is 5.11 Å². The first-order valence-electron chi connectivity index (χ1n) is 6.21. The summed E-state index contributed by atoms with van der Waals surface area (Å²) < 4.78 is 6.00. The highest BCUT2D eigenvalue weighted by Crippen LogP contribution is 2.37. The molecule has 102 valence electrons. The van der Waals surface area contributed by atoms with E-state index in [-0.39, 0.29) is 5.04 Å². The van der Waals surface area contributed by atoms with Crippen LogP contribution >= 0.6 is 11.6 Å². The third-order valence-corrected chi connectivity index (χ3v) is 8.52. The first-order valence-corrected chi connectivity index (χ1v) is 9.50. The van der Waals surface area contributed by atoms with E-state index in [2.05, 4.69) is 33.9 Å². The summed E-state index contributed by atoms with van der Waals surface area (Å²) in [6, 6.07) is 7.35. The summed E-state index contributed by atoms with van der Waals surface area (Å²) in [7, 11) is -1.82. The van der Waals surface area contributed by atoms with Gasteiger partial charge in [0.2, 0.25) is 0 Å². The summed E-state index contributed by atoms with van der Waals surface area (Å²) in [4.78, 5) is 0. The number of rotatable bonds is 4. The van der Waals surface area contributed by atoms with Crippen molar-refractivity contribution < 1.29 is 9.53 Å². The lowest BCUT2D eigenvalue weighted by atomic mass is 10.1. The number of benzene rings is 1. The van der Waals surface area contributed by atoms with Gasteiger partial charge in [-0.2, -0.15) is 0 Å². The van der Waals surface area contributed by atoms with Crippen molar-refractivity contribution in [1.82, 2.24) is 0 Å². The van der Waals surface area contributed by atoms with Crippen molar-refractivity contribution in [2.24, 2.45) is 0 Å². The maximum absolute atomic E-state index is 10.1. The summed E-state index contributed by atoms with van der Waals surface area (Å²) >= 11 is 6.05. The molecule has 4 heteroatoms. The largest absolute Gasteiger partial charge is 0.414 e. The number of aliphatic hydroxyl groups excluding tert-OH is 1. The summed E-state index contributed by atoms with van der Waals surface area (Å²) in [5.41, 5.74) is 0.734. The zero-order valence-electron chi connectivity index (χ0n) is 11.8. The van der Waals surface area contributed by atoms with E-state index in [1.807, 2.05) is 18.2 Å². The van der Waals surface area contributed by atoms with Gasteiger partial charge >= 0.3 is 0 Å². The van der Waals surface area contributed by atoms with Crippen molar-refractivity contribution in [3.8, 4) is 0 Å². The predicted molar refractivity (Wildman–Crippen MR) is 79.6 cm³/mol. The van der Waals surface area contributed by atoms with Gasteiger partial charge in [0.1, 0.15) is 6.10 Å². The van der Waals surface area contributed by atoms with E-state index in [1.54, 1.807) is 6.07 Å². The van der Waals surface area contributed by atoms with Gasteiger partial charge in [-0.1, -0.05) is 50.6 Å².